The molecule has 6 nitrogen and oxygen atoms in total. The van der Waals surface area contributed by atoms with E-state index in [2.05, 4.69) is 0 Å². The molecule has 19 heavy (non-hydrogen) atoms. The van der Waals surface area contributed by atoms with E-state index in [9.17, 15) is 9.59 Å². The third-order valence-corrected chi connectivity index (χ3v) is 3.50. The van der Waals surface area contributed by atoms with Gasteiger partial charge in [-0.2, -0.15) is 0 Å². The van der Waals surface area contributed by atoms with Gasteiger partial charge >= 0.3 is 12.0 Å². The van der Waals surface area contributed by atoms with Crippen molar-refractivity contribution in [1.29, 1.82) is 0 Å². The van der Waals surface area contributed by atoms with E-state index in [1.165, 1.54) is 0 Å². The Bertz CT molecular complexity index is 301. The van der Waals surface area contributed by atoms with Gasteiger partial charge in [0, 0.05) is 46.8 Å². The summed E-state index contributed by atoms with van der Waals surface area (Å²) in [4.78, 5) is 26.0. The van der Waals surface area contributed by atoms with E-state index in [-0.39, 0.29) is 12.5 Å². The number of hydrogen-bond donors (Lipinski definition) is 1. The molecule has 1 fully saturated rings. The number of likely N-dealkylation sites (tertiary alicyclic amines) is 1. The number of aliphatic carboxylic acids is 1. The van der Waals surface area contributed by atoms with Crippen LogP contribution in [-0.4, -0.2) is 67.3 Å². The molecule has 1 rings (SSSR count). The fourth-order valence-electron chi connectivity index (χ4n) is 2.33. The summed E-state index contributed by atoms with van der Waals surface area (Å²) in [6, 6.07) is 0.00116. The van der Waals surface area contributed by atoms with Gasteiger partial charge in [0.1, 0.15) is 0 Å². The second-order valence-corrected chi connectivity index (χ2v) is 5.09. The summed E-state index contributed by atoms with van der Waals surface area (Å²) >= 11 is 0. The van der Waals surface area contributed by atoms with Crippen LogP contribution >= 0.6 is 0 Å². The summed E-state index contributed by atoms with van der Waals surface area (Å²) in [5, 5.41) is 8.57. The largest absolute Gasteiger partial charge is 0.481 e. The van der Waals surface area contributed by atoms with Crippen LogP contribution in [0.15, 0.2) is 0 Å². The van der Waals surface area contributed by atoms with Crippen LogP contribution in [0.4, 0.5) is 4.79 Å². The van der Waals surface area contributed by atoms with E-state index in [0.717, 1.165) is 32.5 Å². The molecule has 0 spiro atoms. The van der Waals surface area contributed by atoms with E-state index in [1.54, 1.807) is 19.1 Å². The summed E-state index contributed by atoms with van der Waals surface area (Å²) in [5.74, 6) is -0.271. The lowest BCUT2D eigenvalue weighted by Crippen LogP contribution is -2.46. The standard InChI is InChI=1S/C13H24N2O4/c1-14(7-3-4-12(16)17)13(18)15-8-5-11(6-9-15)10-19-2/h11H,3-10H2,1-2H3,(H,16,17). The molecule has 0 bridgehead atoms. The summed E-state index contributed by atoms with van der Waals surface area (Å²) in [5.41, 5.74) is 0. The number of carboxylic acid groups (broad SMARTS) is 1. The number of carbonyl (C=O) groups is 2. The van der Waals surface area contributed by atoms with Crippen molar-refractivity contribution >= 4 is 12.0 Å². The average Bonchev–Trinajstić information content (AvgIpc) is 2.38. The first-order valence-electron chi connectivity index (χ1n) is 6.75. The van der Waals surface area contributed by atoms with Gasteiger partial charge in [-0.1, -0.05) is 0 Å². The predicted molar refractivity (Wildman–Crippen MR) is 71.1 cm³/mol. The minimum Gasteiger partial charge on any atom is -0.481 e. The predicted octanol–water partition coefficient (Wildman–Crippen LogP) is 1.26. The molecule has 2 amide bonds. The highest BCUT2D eigenvalue weighted by molar-refractivity contribution is 5.74. The fourth-order valence-corrected chi connectivity index (χ4v) is 2.33. The smallest absolute Gasteiger partial charge is 0.319 e. The number of nitrogens with zero attached hydrogens (tertiary/aromatic N) is 2. The van der Waals surface area contributed by atoms with Gasteiger partial charge in [-0.15, -0.1) is 0 Å². The van der Waals surface area contributed by atoms with E-state index in [0.29, 0.717) is 18.9 Å². The van der Waals surface area contributed by atoms with E-state index in [1.807, 2.05) is 4.90 Å². The number of rotatable bonds is 6. The lowest BCUT2D eigenvalue weighted by atomic mass is 9.98. The van der Waals surface area contributed by atoms with Crippen molar-refractivity contribution in [1.82, 2.24) is 9.80 Å². The molecule has 6 heteroatoms. The second kappa shape index (κ2) is 7.99. The zero-order valence-electron chi connectivity index (χ0n) is 11.8. The van der Waals surface area contributed by atoms with Crippen LogP contribution in [0, 0.1) is 5.92 Å². The Morgan fingerprint density at radius 1 is 1.37 bits per heavy atom. The molecular formula is C13H24N2O4. The molecule has 1 saturated heterocycles. The number of amides is 2. The van der Waals surface area contributed by atoms with Gasteiger partial charge in [0.25, 0.3) is 0 Å². The molecule has 0 aromatic carbocycles. The van der Waals surface area contributed by atoms with Crippen LogP contribution in [-0.2, 0) is 9.53 Å². The minimum atomic E-state index is -0.818. The molecule has 0 saturated carbocycles. The molecule has 1 aliphatic heterocycles. The number of carbonyl (C=O) groups excluding carboxylic acids is 1. The molecular weight excluding hydrogens is 248 g/mol. The van der Waals surface area contributed by atoms with Crippen LogP contribution in [0.2, 0.25) is 0 Å². The number of carboxylic acids is 1. The third-order valence-electron chi connectivity index (χ3n) is 3.50. The van der Waals surface area contributed by atoms with Gasteiger partial charge in [0.2, 0.25) is 0 Å². The Morgan fingerprint density at radius 2 is 2.00 bits per heavy atom. The number of piperidine rings is 1. The zero-order chi connectivity index (χ0) is 14.3. The molecule has 110 valence electrons. The van der Waals surface area contributed by atoms with Crippen LogP contribution < -0.4 is 0 Å². The van der Waals surface area contributed by atoms with Crippen molar-refractivity contribution < 1.29 is 19.4 Å². The Morgan fingerprint density at radius 3 is 2.53 bits per heavy atom. The number of ether oxygens (including phenoxy) is 1. The molecule has 0 aromatic heterocycles. The first-order valence-corrected chi connectivity index (χ1v) is 6.75. The molecule has 0 unspecified atom stereocenters. The highest BCUT2D eigenvalue weighted by atomic mass is 16.5. The highest BCUT2D eigenvalue weighted by Crippen LogP contribution is 2.18. The van der Waals surface area contributed by atoms with Crippen LogP contribution in [0.1, 0.15) is 25.7 Å². The highest BCUT2D eigenvalue weighted by Gasteiger charge is 2.24. The van der Waals surface area contributed by atoms with E-state index in [4.69, 9.17) is 9.84 Å². The molecule has 0 radical (unpaired) electrons. The normalized spacial score (nSPS) is 16.4. The van der Waals surface area contributed by atoms with Gasteiger partial charge in [0.05, 0.1) is 0 Å². The second-order valence-electron chi connectivity index (χ2n) is 5.09. The number of methoxy groups -OCH3 is 1. The Labute approximate surface area is 114 Å². The van der Waals surface area contributed by atoms with Crippen molar-refractivity contribution in [3.05, 3.63) is 0 Å². The fraction of sp³-hybridized carbons (Fsp3) is 0.846. The SMILES string of the molecule is COCC1CCN(C(=O)N(C)CCCC(=O)O)CC1. The maximum absolute atomic E-state index is 12.1. The molecule has 0 atom stereocenters. The van der Waals surface area contributed by atoms with Crippen molar-refractivity contribution in [2.24, 2.45) is 5.92 Å². The monoisotopic (exact) mass is 272 g/mol. The molecule has 1 aliphatic rings. The molecule has 0 aliphatic carbocycles. The lowest BCUT2D eigenvalue weighted by Gasteiger charge is -2.34. The zero-order valence-corrected chi connectivity index (χ0v) is 11.8. The first-order chi connectivity index (χ1) is 9.04. The number of hydrogen-bond acceptors (Lipinski definition) is 3. The summed E-state index contributed by atoms with van der Waals surface area (Å²) in [6.07, 6.45) is 2.55. The van der Waals surface area contributed by atoms with Crippen molar-refractivity contribution in [2.75, 3.05) is 40.4 Å². The first kappa shape index (κ1) is 15.8. The minimum absolute atomic E-state index is 0.00116. The Hall–Kier alpha value is -1.30. The maximum Gasteiger partial charge on any atom is 0.319 e. The van der Waals surface area contributed by atoms with Gasteiger partial charge in [0.15, 0.2) is 0 Å². The Balaban J connectivity index is 2.27. The quantitative estimate of drug-likeness (QED) is 0.790. The van der Waals surface area contributed by atoms with Crippen LogP contribution in [0.3, 0.4) is 0 Å². The van der Waals surface area contributed by atoms with Crippen molar-refractivity contribution in [3.63, 3.8) is 0 Å². The van der Waals surface area contributed by atoms with Gasteiger partial charge in [-0.25, -0.2) is 4.79 Å². The van der Waals surface area contributed by atoms with Crippen molar-refractivity contribution in [2.45, 2.75) is 25.7 Å². The van der Waals surface area contributed by atoms with E-state index < -0.39 is 5.97 Å². The van der Waals surface area contributed by atoms with Gasteiger partial charge in [-0.3, -0.25) is 4.79 Å². The van der Waals surface area contributed by atoms with E-state index >= 15 is 0 Å². The average molecular weight is 272 g/mol. The Kier molecular flexibility index (Phi) is 6.62. The summed E-state index contributed by atoms with van der Waals surface area (Å²) in [7, 11) is 3.43. The molecule has 1 N–H and O–H groups in total. The molecule has 0 aromatic rings. The lowest BCUT2D eigenvalue weighted by molar-refractivity contribution is -0.137. The topological polar surface area (TPSA) is 70.1 Å². The summed E-state index contributed by atoms with van der Waals surface area (Å²) < 4.78 is 5.13. The number of urea groups is 1. The third kappa shape index (κ3) is 5.46. The van der Waals surface area contributed by atoms with Crippen molar-refractivity contribution in [3.8, 4) is 0 Å². The molecule has 1 heterocycles. The van der Waals surface area contributed by atoms with Crippen LogP contribution in [0.5, 0.6) is 0 Å². The van der Waals surface area contributed by atoms with Gasteiger partial charge < -0.3 is 19.6 Å². The summed E-state index contributed by atoms with van der Waals surface area (Å²) in [6.45, 7) is 2.77. The van der Waals surface area contributed by atoms with Crippen LogP contribution in [0.25, 0.3) is 0 Å². The van der Waals surface area contributed by atoms with Gasteiger partial charge in [-0.05, 0) is 25.2 Å². The maximum atomic E-state index is 12.1.